The van der Waals surface area contributed by atoms with Crippen LogP contribution in [0.3, 0.4) is 0 Å². The zero-order valence-electron chi connectivity index (χ0n) is 12.1. The Morgan fingerprint density at radius 2 is 2.10 bits per heavy atom. The highest BCUT2D eigenvalue weighted by Gasteiger charge is 2.12. The second-order valence-electron chi connectivity index (χ2n) is 4.37. The largest absolute Gasteiger partial charge is 0.497 e. The lowest BCUT2D eigenvalue weighted by molar-refractivity contribution is 0.102. The second kappa shape index (κ2) is 7.08. The molecule has 110 valence electrons. The Bertz CT molecular complexity index is 635. The van der Waals surface area contributed by atoms with Crippen LogP contribution in [0.2, 0.25) is 0 Å². The number of thioether (sulfide) groups is 1. The zero-order valence-corrected chi connectivity index (χ0v) is 12.9. The molecule has 1 heterocycles. The zero-order chi connectivity index (χ0) is 15.2. The summed E-state index contributed by atoms with van der Waals surface area (Å²) in [4.78, 5) is 12.2. The Kier molecular flexibility index (Phi) is 5.16. The SMILES string of the molecule is C=CCn1c(C)nnc1SCC(=O)c1ccc(OC)cc1. The average Bonchev–Trinajstić information content (AvgIpc) is 2.86. The van der Waals surface area contributed by atoms with E-state index in [1.165, 1.54) is 11.8 Å². The van der Waals surface area contributed by atoms with Gasteiger partial charge in [-0.25, -0.2) is 0 Å². The standard InChI is InChI=1S/C15H17N3O2S/c1-4-9-18-11(2)16-17-15(18)21-10-14(19)12-5-7-13(20-3)8-6-12/h4-8H,1,9-10H2,2-3H3. The van der Waals surface area contributed by atoms with E-state index < -0.39 is 0 Å². The molecule has 21 heavy (non-hydrogen) atoms. The van der Waals surface area contributed by atoms with Gasteiger partial charge in [0, 0.05) is 12.1 Å². The molecule has 0 unspecified atom stereocenters. The third kappa shape index (κ3) is 3.72. The van der Waals surface area contributed by atoms with Gasteiger partial charge in [-0.2, -0.15) is 0 Å². The van der Waals surface area contributed by atoms with Crippen molar-refractivity contribution in [2.24, 2.45) is 0 Å². The van der Waals surface area contributed by atoms with E-state index in [0.29, 0.717) is 17.9 Å². The van der Waals surface area contributed by atoms with Crippen LogP contribution >= 0.6 is 11.8 Å². The Balaban J connectivity index is 2.01. The lowest BCUT2D eigenvalue weighted by atomic mass is 10.1. The van der Waals surface area contributed by atoms with Crippen molar-refractivity contribution in [1.82, 2.24) is 14.8 Å². The molecule has 1 aromatic carbocycles. The number of hydrogen-bond acceptors (Lipinski definition) is 5. The van der Waals surface area contributed by atoms with Crippen LogP contribution in [0, 0.1) is 6.92 Å². The first-order chi connectivity index (χ1) is 10.2. The molecule has 2 aromatic rings. The van der Waals surface area contributed by atoms with Crippen LogP contribution in [0.5, 0.6) is 5.75 Å². The predicted octanol–water partition coefficient (Wildman–Crippen LogP) is 2.76. The number of methoxy groups -OCH3 is 1. The number of aromatic nitrogens is 3. The normalized spacial score (nSPS) is 10.4. The van der Waals surface area contributed by atoms with Crippen LogP contribution in [0.25, 0.3) is 0 Å². The average molecular weight is 303 g/mol. The third-order valence-electron chi connectivity index (χ3n) is 2.96. The van der Waals surface area contributed by atoms with E-state index in [-0.39, 0.29) is 5.78 Å². The van der Waals surface area contributed by atoms with Gasteiger partial charge in [-0.3, -0.25) is 4.79 Å². The molecule has 0 bridgehead atoms. The minimum absolute atomic E-state index is 0.0495. The summed E-state index contributed by atoms with van der Waals surface area (Å²) in [5.41, 5.74) is 0.662. The summed E-state index contributed by atoms with van der Waals surface area (Å²) in [5, 5.41) is 8.84. The number of rotatable bonds is 7. The minimum Gasteiger partial charge on any atom is -0.497 e. The molecule has 5 nitrogen and oxygen atoms in total. The first kappa shape index (κ1) is 15.3. The first-order valence-corrected chi connectivity index (χ1v) is 7.45. The number of Topliss-reactive ketones (excluding diaryl/α,β-unsaturated/α-hetero) is 1. The van der Waals surface area contributed by atoms with Crippen LogP contribution in [0.15, 0.2) is 42.1 Å². The van der Waals surface area contributed by atoms with Crippen molar-refractivity contribution in [2.45, 2.75) is 18.6 Å². The molecule has 0 saturated carbocycles. The molecule has 0 aliphatic heterocycles. The van der Waals surface area contributed by atoms with Gasteiger partial charge in [-0.1, -0.05) is 17.8 Å². The molecule has 1 aromatic heterocycles. The molecular formula is C15H17N3O2S. The van der Waals surface area contributed by atoms with Gasteiger partial charge in [0.15, 0.2) is 10.9 Å². The summed E-state index contributed by atoms with van der Waals surface area (Å²) in [5.74, 6) is 1.92. The van der Waals surface area contributed by atoms with Gasteiger partial charge in [-0.15, -0.1) is 16.8 Å². The highest BCUT2D eigenvalue weighted by Crippen LogP contribution is 2.19. The number of nitrogens with zero attached hydrogens (tertiary/aromatic N) is 3. The number of carbonyl (C=O) groups excluding carboxylic acids is 1. The summed E-state index contributed by atoms with van der Waals surface area (Å²) in [6.45, 7) is 6.23. The molecule has 0 radical (unpaired) electrons. The Labute approximate surface area is 128 Å². The smallest absolute Gasteiger partial charge is 0.191 e. The van der Waals surface area contributed by atoms with Crippen LogP contribution in [-0.2, 0) is 6.54 Å². The number of ketones is 1. The number of ether oxygens (including phenoxy) is 1. The van der Waals surface area contributed by atoms with Gasteiger partial charge in [0.05, 0.1) is 12.9 Å². The van der Waals surface area contributed by atoms with E-state index in [4.69, 9.17) is 4.74 Å². The highest BCUT2D eigenvalue weighted by atomic mass is 32.2. The lowest BCUT2D eigenvalue weighted by Crippen LogP contribution is -2.05. The fourth-order valence-electron chi connectivity index (χ4n) is 1.80. The maximum absolute atomic E-state index is 12.2. The van der Waals surface area contributed by atoms with Crippen molar-refractivity contribution >= 4 is 17.5 Å². The molecule has 0 N–H and O–H groups in total. The quantitative estimate of drug-likeness (QED) is 0.447. The molecule has 0 aliphatic carbocycles. The van der Waals surface area contributed by atoms with Gasteiger partial charge in [-0.05, 0) is 31.2 Å². The second-order valence-corrected chi connectivity index (χ2v) is 5.31. The van der Waals surface area contributed by atoms with Crippen LogP contribution in [-0.4, -0.2) is 33.4 Å². The van der Waals surface area contributed by atoms with Crippen molar-refractivity contribution in [3.05, 3.63) is 48.3 Å². The Hall–Kier alpha value is -2.08. The van der Waals surface area contributed by atoms with E-state index in [2.05, 4.69) is 16.8 Å². The van der Waals surface area contributed by atoms with E-state index in [1.807, 2.05) is 11.5 Å². The highest BCUT2D eigenvalue weighted by molar-refractivity contribution is 7.99. The summed E-state index contributed by atoms with van der Waals surface area (Å²) in [6, 6.07) is 7.09. The van der Waals surface area contributed by atoms with Crippen molar-refractivity contribution in [1.29, 1.82) is 0 Å². The molecule has 0 aliphatic rings. The van der Waals surface area contributed by atoms with E-state index in [1.54, 1.807) is 37.5 Å². The monoisotopic (exact) mass is 303 g/mol. The van der Waals surface area contributed by atoms with Crippen LogP contribution < -0.4 is 4.74 Å². The number of hydrogen-bond donors (Lipinski definition) is 0. The topological polar surface area (TPSA) is 57.0 Å². The molecule has 0 amide bonds. The number of allylic oxidation sites excluding steroid dienone is 1. The van der Waals surface area contributed by atoms with Gasteiger partial charge in [0.1, 0.15) is 11.6 Å². The first-order valence-electron chi connectivity index (χ1n) is 6.46. The van der Waals surface area contributed by atoms with Crippen LogP contribution in [0.1, 0.15) is 16.2 Å². The summed E-state index contributed by atoms with van der Waals surface area (Å²) in [6.07, 6.45) is 1.78. The van der Waals surface area contributed by atoms with E-state index >= 15 is 0 Å². The predicted molar refractivity (Wildman–Crippen MR) is 83.0 cm³/mol. The summed E-state index contributed by atoms with van der Waals surface area (Å²) < 4.78 is 7.01. The fraction of sp³-hybridized carbons (Fsp3) is 0.267. The van der Waals surface area contributed by atoms with Crippen molar-refractivity contribution in [3.8, 4) is 5.75 Å². The maximum Gasteiger partial charge on any atom is 0.191 e. The maximum atomic E-state index is 12.2. The summed E-state index contributed by atoms with van der Waals surface area (Å²) in [7, 11) is 1.60. The fourth-order valence-corrected chi connectivity index (χ4v) is 2.69. The minimum atomic E-state index is 0.0495. The van der Waals surface area contributed by atoms with E-state index in [0.717, 1.165) is 16.7 Å². The Morgan fingerprint density at radius 3 is 2.71 bits per heavy atom. The number of aryl methyl sites for hydroxylation is 1. The Morgan fingerprint density at radius 1 is 1.38 bits per heavy atom. The summed E-state index contributed by atoms with van der Waals surface area (Å²) >= 11 is 1.38. The van der Waals surface area contributed by atoms with Gasteiger partial charge in [0.25, 0.3) is 0 Å². The molecular weight excluding hydrogens is 286 g/mol. The molecule has 2 rings (SSSR count). The van der Waals surface area contributed by atoms with Gasteiger partial charge in [0.2, 0.25) is 0 Å². The van der Waals surface area contributed by atoms with Crippen molar-refractivity contribution < 1.29 is 9.53 Å². The van der Waals surface area contributed by atoms with Crippen molar-refractivity contribution in [2.75, 3.05) is 12.9 Å². The third-order valence-corrected chi connectivity index (χ3v) is 3.92. The van der Waals surface area contributed by atoms with E-state index in [9.17, 15) is 4.79 Å². The number of carbonyl (C=O) groups is 1. The van der Waals surface area contributed by atoms with Gasteiger partial charge < -0.3 is 9.30 Å². The molecule has 6 heteroatoms. The molecule has 0 spiro atoms. The molecule has 0 fully saturated rings. The molecule has 0 atom stereocenters. The van der Waals surface area contributed by atoms with Gasteiger partial charge >= 0.3 is 0 Å². The van der Waals surface area contributed by atoms with Crippen molar-refractivity contribution in [3.63, 3.8) is 0 Å². The van der Waals surface area contributed by atoms with Crippen LogP contribution in [0.4, 0.5) is 0 Å². The molecule has 0 saturated heterocycles. The lowest BCUT2D eigenvalue weighted by Gasteiger charge is -2.05. The number of benzene rings is 1.